The molecule has 3 nitrogen and oxygen atoms in total. The molecule has 0 aliphatic rings. The van der Waals surface area contributed by atoms with Gasteiger partial charge in [-0.25, -0.2) is 0 Å². The fourth-order valence-electron chi connectivity index (χ4n) is 2.26. The first-order valence-electron chi connectivity index (χ1n) is 6.49. The second-order valence-electron chi connectivity index (χ2n) is 4.97. The molecule has 0 saturated heterocycles. The molecule has 0 spiro atoms. The minimum absolute atomic E-state index is 0.131. The van der Waals surface area contributed by atoms with Crippen LogP contribution < -0.4 is 5.43 Å². The van der Waals surface area contributed by atoms with Crippen molar-refractivity contribution < 1.29 is 0 Å². The Balaban J connectivity index is 2.64. The molecule has 0 fully saturated rings. The highest BCUT2D eigenvalue weighted by Crippen LogP contribution is 2.17. The highest BCUT2D eigenvalue weighted by Gasteiger charge is 2.08. The number of likely N-dealkylation sites (N-methyl/N-ethyl adjacent to an activating group) is 1. The van der Waals surface area contributed by atoms with Crippen LogP contribution in [-0.4, -0.2) is 30.1 Å². The summed E-state index contributed by atoms with van der Waals surface area (Å²) in [7, 11) is 4.14. The van der Waals surface area contributed by atoms with E-state index in [1.807, 2.05) is 6.07 Å². The predicted molar refractivity (Wildman–Crippen MR) is 88.9 cm³/mol. The molecule has 0 atom stereocenters. The molecule has 0 unspecified atom stereocenters. The number of hydrogen-bond donors (Lipinski definition) is 0. The van der Waals surface area contributed by atoms with E-state index in [1.54, 1.807) is 6.07 Å². The van der Waals surface area contributed by atoms with Crippen LogP contribution in [0.5, 0.6) is 0 Å². The first kappa shape index (κ1) is 14.5. The molecule has 0 bridgehead atoms. The number of rotatable bonds is 4. The molecule has 0 amide bonds. The zero-order chi connectivity index (χ0) is 14.0. The van der Waals surface area contributed by atoms with Gasteiger partial charge in [-0.2, -0.15) is 0 Å². The van der Waals surface area contributed by atoms with E-state index in [-0.39, 0.29) is 5.43 Å². The molecule has 2 aromatic rings. The fraction of sp³-hybridized carbons (Fsp3) is 0.400. The fourth-order valence-corrected chi connectivity index (χ4v) is 2.75. The van der Waals surface area contributed by atoms with Crippen molar-refractivity contribution in [2.24, 2.45) is 0 Å². The Kier molecular flexibility index (Phi) is 4.62. The zero-order valence-corrected chi connectivity index (χ0v) is 13.8. The zero-order valence-electron chi connectivity index (χ0n) is 11.6. The molecule has 0 aliphatic carbocycles. The van der Waals surface area contributed by atoms with Crippen molar-refractivity contribution in [3.8, 4) is 0 Å². The lowest BCUT2D eigenvalue weighted by Crippen LogP contribution is -2.22. The third kappa shape index (κ3) is 3.17. The van der Waals surface area contributed by atoms with Crippen molar-refractivity contribution in [3.05, 3.63) is 43.8 Å². The van der Waals surface area contributed by atoms with E-state index < -0.39 is 0 Å². The second-order valence-corrected chi connectivity index (χ2v) is 6.22. The molecule has 2 rings (SSSR count). The van der Waals surface area contributed by atoms with Gasteiger partial charge < -0.3 is 9.47 Å². The Morgan fingerprint density at radius 1 is 1.26 bits per heavy atom. The van der Waals surface area contributed by atoms with Gasteiger partial charge in [-0.05, 0) is 61.3 Å². The molecule has 0 aliphatic heterocycles. The lowest BCUT2D eigenvalue weighted by Gasteiger charge is -2.18. The van der Waals surface area contributed by atoms with Crippen molar-refractivity contribution >= 4 is 33.5 Å². The van der Waals surface area contributed by atoms with Gasteiger partial charge in [-0.3, -0.25) is 4.79 Å². The van der Waals surface area contributed by atoms with Crippen LogP contribution >= 0.6 is 22.6 Å². The molecule has 0 N–H and O–H groups in total. The van der Waals surface area contributed by atoms with Crippen LogP contribution in [0.2, 0.25) is 0 Å². The monoisotopic (exact) mass is 370 g/mol. The first-order valence-corrected chi connectivity index (χ1v) is 7.57. The maximum absolute atomic E-state index is 12.2. The number of nitrogens with zero attached hydrogens (tertiary/aromatic N) is 2. The van der Waals surface area contributed by atoms with E-state index in [0.717, 1.165) is 39.7 Å². The third-order valence-electron chi connectivity index (χ3n) is 3.29. The van der Waals surface area contributed by atoms with Crippen molar-refractivity contribution in [2.75, 3.05) is 20.6 Å². The Hall–Kier alpha value is -0.880. The largest absolute Gasteiger partial charge is 0.343 e. The van der Waals surface area contributed by atoms with E-state index in [9.17, 15) is 4.79 Å². The molecule has 0 radical (unpaired) electrons. The molecule has 19 heavy (non-hydrogen) atoms. The minimum Gasteiger partial charge on any atom is -0.343 e. The van der Waals surface area contributed by atoms with Crippen molar-refractivity contribution in [1.82, 2.24) is 9.47 Å². The second kappa shape index (κ2) is 6.05. The maximum Gasteiger partial charge on any atom is 0.189 e. The summed E-state index contributed by atoms with van der Waals surface area (Å²) in [5.41, 5.74) is 2.29. The van der Waals surface area contributed by atoms with Crippen LogP contribution in [0.15, 0.2) is 29.1 Å². The Morgan fingerprint density at radius 3 is 2.63 bits per heavy atom. The maximum atomic E-state index is 12.2. The number of aromatic nitrogens is 1. The van der Waals surface area contributed by atoms with Crippen LogP contribution in [0, 0.1) is 3.57 Å². The Morgan fingerprint density at radius 2 is 2.00 bits per heavy atom. The summed E-state index contributed by atoms with van der Waals surface area (Å²) in [4.78, 5) is 14.3. The molecule has 1 heterocycles. The summed E-state index contributed by atoms with van der Waals surface area (Å²) in [6.07, 6.45) is 0.880. The van der Waals surface area contributed by atoms with Gasteiger partial charge in [-0.15, -0.1) is 0 Å². The van der Waals surface area contributed by atoms with Crippen LogP contribution in [-0.2, 0) is 13.0 Å². The first-order chi connectivity index (χ1) is 9.02. The topological polar surface area (TPSA) is 25.2 Å². The molecular formula is C15H19IN2O. The number of hydrogen-bond acceptors (Lipinski definition) is 2. The lowest BCUT2D eigenvalue weighted by atomic mass is 10.1. The van der Waals surface area contributed by atoms with Gasteiger partial charge >= 0.3 is 0 Å². The van der Waals surface area contributed by atoms with E-state index in [2.05, 4.69) is 65.2 Å². The van der Waals surface area contributed by atoms with Crippen LogP contribution in [0.4, 0.5) is 0 Å². The Labute approximate surface area is 127 Å². The molecular weight excluding hydrogens is 351 g/mol. The highest BCUT2D eigenvalue weighted by molar-refractivity contribution is 14.1. The van der Waals surface area contributed by atoms with Crippen LogP contribution in [0.1, 0.15) is 12.6 Å². The van der Waals surface area contributed by atoms with Gasteiger partial charge in [-0.1, -0.05) is 6.92 Å². The van der Waals surface area contributed by atoms with E-state index in [1.165, 1.54) is 0 Å². The van der Waals surface area contributed by atoms with Crippen molar-refractivity contribution in [1.29, 1.82) is 0 Å². The molecule has 4 heteroatoms. The number of aryl methyl sites for hydroxylation is 1. The average molecular weight is 370 g/mol. The van der Waals surface area contributed by atoms with Gasteiger partial charge in [0.1, 0.15) is 0 Å². The van der Waals surface area contributed by atoms with E-state index in [0.29, 0.717) is 0 Å². The van der Waals surface area contributed by atoms with Gasteiger partial charge in [0.2, 0.25) is 0 Å². The lowest BCUT2D eigenvalue weighted by molar-refractivity contribution is 0.384. The van der Waals surface area contributed by atoms with Gasteiger partial charge in [0.15, 0.2) is 5.43 Å². The Bertz CT molecular complexity index is 646. The molecule has 102 valence electrons. The smallest absolute Gasteiger partial charge is 0.189 e. The summed E-state index contributed by atoms with van der Waals surface area (Å²) in [5.74, 6) is 0. The third-order valence-corrected chi connectivity index (χ3v) is 3.96. The van der Waals surface area contributed by atoms with E-state index in [4.69, 9.17) is 0 Å². The standard InChI is InChI=1S/C15H19IN2O/c1-4-12-10-15(19)13-9-11(16)5-6-14(13)18(12)8-7-17(2)3/h5-6,9-10H,4,7-8H2,1-3H3. The SMILES string of the molecule is CCc1cc(=O)c2cc(I)ccc2n1CCN(C)C. The number of benzene rings is 1. The van der Waals surface area contributed by atoms with Crippen LogP contribution in [0.3, 0.4) is 0 Å². The quantitative estimate of drug-likeness (QED) is 0.774. The summed E-state index contributed by atoms with van der Waals surface area (Å²) in [6.45, 7) is 3.98. The van der Waals surface area contributed by atoms with Gasteiger partial charge in [0, 0.05) is 33.8 Å². The van der Waals surface area contributed by atoms with Crippen LogP contribution in [0.25, 0.3) is 10.9 Å². The van der Waals surface area contributed by atoms with Crippen molar-refractivity contribution in [2.45, 2.75) is 19.9 Å². The highest BCUT2D eigenvalue weighted by atomic mass is 127. The van der Waals surface area contributed by atoms with E-state index >= 15 is 0 Å². The molecule has 1 aromatic carbocycles. The number of halogens is 1. The van der Waals surface area contributed by atoms with Gasteiger partial charge in [0.05, 0.1) is 5.52 Å². The molecule has 0 saturated carbocycles. The normalized spacial score (nSPS) is 11.4. The summed E-state index contributed by atoms with van der Waals surface area (Å²) >= 11 is 2.25. The number of fused-ring (bicyclic) bond motifs is 1. The predicted octanol–water partition coefficient (Wildman–Crippen LogP) is 2.73. The summed E-state index contributed by atoms with van der Waals surface area (Å²) in [5, 5.41) is 0.822. The summed E-state index contributed by atoms with van der Waals surface area (Å²) < 4.78 is 3.37. The number of pyridine rings is 1. The minimum atomic E-state index is 0.131. The van der Waals surface area contributed by atoms with Gasteiger partial charge in [0.25, 0.3) is 0 Å². The van der Waals surface area contributed by atoms with Crippen molar-refractivity contribution in [3.63, 3.8) is 0 Å². The average Bonchev–Trinajstić information content (AvgIpc) is 2.37. The molecule has 1 aromatic heterocycles. The summed E-state index contributed by atoms with van der Waals surface area (Å²) in [6, 6.07) is 7.89.